The molecule has 148 valence electrons. The molecule has 0 atom stereocenters. The van der Waals surface area contributed by atoms with Crippen molar-refractivity contribution in [1.29, 1.82) is 0 Å². The number of halogens is 1. The zero-order valence-corrected chi connectivity index (χ0v) is 17.2. The number of nitrogens with one attached hydrogen (secondary N) is 1. The predicted molar refractivity (Wildman–Crippen MR) is 114 cm³/mol. The summed E-state index contributed by atoms with van der Waals surface area (Å²) in [5.74, 6) is -1.01. The van der Waals surface area contributed by atoms with E-state index in [4.69, 9.17) is 16.3 Å². The molecule has 0 spiro atoms. The summed E-state index contributed by atoms with van der Waals surface area (Å²) in [7, 11) is 0. The summed E-state index contributed by atoms with van der Waals surface area (Å²) >= 11 is 6.32. The van der Waals surface area contributed by atoms with E-state index in [0.717, 1.165) is 27.6 Å². The van der Waals surface area contributed by atoms with Crippen LogP contribution in [-0.4, -0.2) is 16.9 Å². The van der Waals surface area contributed by atoms with E-state index in [1.54, 1.807) is 6.08 Å². The molecule has 1 N–H and O–H groups in total. The highest BCUT2D eigenvalue weighted by atomic mass is 35.5. The molecule has 3 rings (SSSR count). The first-order valence-electron chi connectivity index (χ1n) is 9.12. The predicted octanol–water partition coefficient (Wildman–Crippen LogP) is 4.73. The lowest BCUT2D eigenvalue weighted by molar-refractivity contribution is -0.141. The van der Waals surface area contributed by atoms with Gasteiger partial charge in [0.1, 0.15) is 17.5 Å². The topological polar surface area (TPSA) is 68.3 Å². The summed E-state index contributed by atoms with van der Waals surface area (Å²) in [6.07, 6.45) is 1.57. The SMILES string of the molecule is CC(=O)N/C(=C\c1ccccc1)C(=O)OCc1cc2ccc(C)c(C)c2nc1Cl. The number of carbonyl (C=O) groups is 2. The van der Waals surface area contributed by atoms with Crippen LogP contribution in [0.3, 0.4) is 0 Å². The van der Waals surface area contributed by atoms with Crippen LogP contribution in [0.4, 0.5) is 0 Å². The maximum absolute atomic E-state index is 12.6. The number of fused-ring (bicyclic) bond motifs is 1. The van der Waals surface area contributed by atoms with Crippen LogP contribution in [0.1, 0.15) is 29.2 Å². The minimum Gasteiger partial charge on any atom is -0.456 e. The Morgan fingerprint density at radius 1 is 1.14 bits per heavy atom. The second-order valence-corrected chi connectivity index (χ2v) is 7.10. The van der Waals surface area contributed by atoms with Gasteiger partial charge in [-0.2, -0.15) is 0 Å². The smallest absolute Gasteiger partial charge is 0.355 e. The molecule has 0 radical (unpaired) electrons. The average molecular weight is 409 g/mol. The van der Waals surface area contributed by atoms with Gasteiger partial charge in [0.25, 0.3) is 0 Å². The van der Waals surface area contributed by atoms with Crippen molar-refractivity contribution >= 4 is 40.5 Å². The van der Waals surface area contributed by atoms with Crippen molar-refractivity contribution in [3.63, 3.8) is 0 Å². The lowest BCUT2D eigenvalue weighted by Gasteiger charge is -2.12. The van der Waals surface area contributed by atoms with Crippen molar-refractivity contribution in [2.75, 3.05) is 0 Å². The molecule has 1 amide bonds. The van der Waals surface area contributed by atoms with Gasteiger partial charge in [-0.1, -0.05) is 54.1 Å². The summed E-state index contributed by atoms with van der Waals surface area (Å²) in [6, 6.07) is 15.0. The second-order valence-electron chi connectivity index (χ2n) is 6.74. The molecule has 3 aromatic rings. The van der Waals surface area contributed by atoms with E-state index in [1.165, 1.54) is 6.92 Å². The summed E-state index contributed by atoms with van der Waals surface area (Å²) in [5, 5.41) is 3.73. The Hall–Kier alpha value is -3.18. The van der Waals surface area contributed by atoms with Crippen LogP contribution in [0.5, 0.6) is 0 Å². The van der Waals surface area contributed by atoms with Crippen LogP contribution in [0, 0.1) is 13.8 Å². The highest BCUT2D eigenvalue weighted by Gasteiger charge is 2.15. The molecule has 5 nitrogen and oxygen atoms in total. The maximum atomic E-state index is 12.6. The zero-order chi connectivity index (χ0) is 21.0. The molecule has 1 aromatic heterocycles. The summed E-state index contributed by atoms with van der Waals surface area (Å²) in [4.78, 5) is 28.5. The van der Waals surface area contributed by atoms with E-state index in [-0.39, 0.29) is 23.4 Å². The number of esters is 1. The van der Waals surface area contributed by atoms with E-state index in [2.05, 4.69) is 10.3 Å². The summed E-state index contributed by atoms with van der Waals surface area (Å²) < 4.78 is 5.40. The van der Waals surface area contributed by atoms with E-state index in [9.17, 15) is 9.59 Å². The number of benzene rings is 2. The third-order valence-corrected chi connectivity index (χ3v) is 4.86. The molecule has 0 saturated carbocycles. The number of ether oxygens (including phenoxy) is 1. The molecule has 0 aliphatic rings. The van der Waals surface area contributed by atoms with Crippen molar-refractivity contribution in [3.8, 4) is 0 Å². The molecule has 0 saturated heterocycles. The van der Waals surface area contributed by atoms with E-state index < -0.39 is 5.97 Å². The number of aryl methyl sites for hydroxylation is 2. The number of hydrogen-bond donors (Lipinski definition) is 1. The number of rotatable bonds is 5. The van der Waals surface area contributed by atoms with Gasteiger partial charge in [-0.3, -0.25) is 4.79 Å². The number of nitrogens with zero attached hydrogens (tertiary/aromatic N) is 1. The molecule has 0 aliphatic heterocycles. The number of pyridine rings is 1. The van der Waals surface area contributed by atoms with Gasteiger partial charge in [0.05, 0.1) is 5.52 Å². The molecule has 2 aromatic carbocycles. The molecular weight excluding hydrogens is 388 g/mol. The Morgan fingerprint density at radius 3 is 2.55 bits per heavy atom. The normalized spacial score (nSPS) is 11.4. The molecule has 29 heavy (non-hydrogen) atoms. The van der Waals surface area contributed by atoms with Crippen LogP contribution in [-0.2, 0) is 20.9 Å². The fraction of sp³-hybridized carbons (Fsp3) is 0.174. The zero-order valence-electron chi connectivity index (χ0n) is 16.5. The quantitative estimate of drug-likeness (QED) is 0.376. The Labute approximate surface area is 174 Å². The lowest BCUT2D eigenvalue weighted by atomic mass is 10.0. The number of amides is 1. The van der Waals surface area contributed by atoms with Gasteiger partial charge in [0.15, 0.2) is 0 Å². The third kappa shape index (κ3) is 5.00. The molecule has 0 unspecified atom stereocenters. The fourth-order valence-electron chi connectivity index (χ4n) is 2.88. The first kappa shape index (κ1) is 20.6. The first-order chi connectivity index (χ1) is 13.8. The van der Waals surface area contributed by atoms with E-state index in [1.807, 2.05) is 62.4 Å². The standard InChI is InChI=1S/C23H21ClN2O3/c1-14-9-10-18-12-19(22(24)26-21(18)15(14)2)13-29-23(28)20(25-16(3)27)11-17-7-5-4-6-8-17/h4-12H,13H2,1-3H3,(H,25,27)/b20-11-. The highest BCUT2D eigenvalue weighted by Crippen LogP contribution is 2.25. The third-order valence-electron chi connectivity index (χ3n) is 4.54. The van der Waals surface area contributed by atoms with Crippen molar-refractivity contribution in [1.82, 2.24) is 10.3 Å². The van der Waals surface area contributed by atoms with Crippen LogP contribution in [0.2, 0.25) is 5.15 Å². The van der Waals surface area contributed by atoms with Crippen molar-refractivity contribution in [2.45, 2.75) is 27.4 Å². The van der Waals surface area contributed by atoms with E-state index >= 15 is 0 Å². The Balaban J connectivity index is 1.82. The Morgan fingerprint density at radius 2 is 1.86 bits per heavy atom. The molecule has 0 fully saturated rings. The van der Waals surface area contributed by atoms with Gasteiger partial charge < -0.3 is 10.1 Å². The van der Waals surface area contributed by atoms with E-state index in [0.29, 0.717) is 5.56 Å². The Bertz CT molecular complexity index is 1110. The van der Waals surface area contributed by atoms with Crippen molar-refractivity contribution < 1.29 is 14.3 Å². The van der Waals surface area contributed by atoms with Gasteiger partial charge in [-0.05, 0) is 42.7 Å². The minimum absolute atomic E-state index is 0.0556. The molecule has 1 heterocycles. The van der Waals surface area contributed by atoms with Crippen LogP contribution >= 0.6 is 11.6 Å². The lowest BCUT2D eigenvalue weighted by Crippen LogP contribution is -2.26. The summed E-state index contributed by atoms with van der Waals surface area (Å²) in [6.45, 7) is 5.29. The van der Waals surface area contributed by atoms with Crippen LogP contribution in [0.25, 0.3) is 17.0 Å². The number of hydrogen-bond acceptors (Lipinski definition) is 4. The average Bonchev–Trinajstić information content (AvgIpc) is 2.69. The number of aromatic nitrogens is 1. The second kappa shape index (κ2) is 8.88. The monoisotopic (exact) mass is 408 g/mol. The fourth-order valence-corrected chi connectivity index (χ4v) is 3.07. The van der Waals surface area contributed by atoms with Crippen molar-refractivity contribution in [3.05, 3.63) is 81.6 Å². The Kier molecular flexibility index (Phi) is 6.29. The minimum atomic E-state index is -0.652. The molecular formula is C23H21ClN2O3. The van der Waals surface area contributed by atoms with Crippen LogP contribution in [0.15, 0.2) is 54.2 Å². The summed E-state index contributed by atoms with van der Waals surface area (Å²) in [5.41, 5.74) is 4.44. The maximum Gasteiger partial charge on any atom is 0.355 e. The van der Waals surface area contributed by atoms with Gasteiger partial charge in [-0.25, -0.2) is 9.78 Å². The first-order valence-corrected chi connectivity index (χ1v) is 9.49. The van der Waals surface area contributed by atoms with Gasteiger partial charge in [-0.15, -0.1) is 0 Å². The van der Waals surface area contributed by atoms with Crippen molar-refractivity contribution in [2.24, 2.45) is 0 Å². The molecule has 6 heteroatoms. The molecule has 0 aliphatic carbocycles. The van der Waals surface area contributed by atoms with Crippen LogP contribution < -0.4 is 5.32 Å². The largest absolute Gasteiger partial charge is 0.456 e. The van der Waals surface area contributed by atoms with Gasteiger partial charge in [0, 0.05) is 17.9 Å². The van der Waals surface area contributed by atoms with Gasteiger partial charge >= 0.3 is 5.97 Å². The molecule has 0 bridgehead atoms. The van der Waals surface area contributed by atoms with Gasteiger partial charge in [0.2, 0.25) is 5.91 Å². The highest BCUT2D eigenvalue weighted by molar-refractivity contribution is 6.30. The number of carbonyl (C=O) groups excluding carboxylic acids is 2.